The second-order valence-corrected chi connectivity index (χ2v) is 12.6. The van der Waals surface area contributed by atoms with E-state index in [1.807, 2.05) is 4.90 Å². The molecular formula is C28H33F2N5O4S. The summed E-state index contributed by atoms with van der Waals surface area (Å²) in [4.78, 5) is 15.5. The lowest BCUT2D eigenvalue weighted by atomic mass is 10.1. The number of piperazine rings is 1. The second kappa shape index (κ2) is 11.2. The van der Waals surface area contributed by atoms with Gasteiger partial charge in [-0.2, -0.15) is 14.1 Å². The largest absolute Gasteiger partial charge is 0.486 e. The lowest BCUT2D eigenvalue weighted by Gasteiger charge is -2.35. The molecule has 5 rings (SSSR count). The van der Waals surface area contributed by atoms with Gasteiger partial charge in [0.1, 0.15) is 11.5 Å². The lowest BCUT2D eigenvalue weighted by molar-refractivity contribution is 0.209. The summed E-state index contributed by atoms with van der Waals surface area (Å²) in [5, 5.41) is 4.31. The van der Waals surface area contributed by atoms with Crippen LogP contribution in [0.25, 0.3) is 5.69 Å². The first-order valence-corrected chi connectivity index (χ1v) is 14.9. The van der Waals surface area contributed by atoms with Gasteiger partial charge in [0.25, 0.3) is 0 Å². The quantitative estimate of drug-likeness (QED) is 0.370. The topological polar surface area (TPSA) is 111 Å². The molecule has 2 fully saturated rings. The van der Waals surface area contributed by atoms with Gasteiger partial charge in [0, 0.05) is 37.3 Å². The van der Waals surface area contributed by atoms with E-state index in [1.165, 1.54) is 22.6 Å². The van der Waals surface area contributed by atoms with Crippen molar-refractivity contribution in [2.75, 3.05) is 50.1 Å². The van der Waals surface area contributed by atoms with Crippen LogP contribution in [0.4, 0.5) is 20.2 Å². The second-order valence-electron chi connectivity index (χ2n) is 10.7. The maximum Gasteiger partial charge on any atom is 0.316 e. The van der Waals surface area contributed by atoms with Crippen molar-refractivity contribution in [3.63, 3.8) is 0 Å². The molecule has 9 nitrogen and oxygen atoms in total. The molecule has 2 N–H and O–H groups in total. The molecule has 2 heterocycles. The van der Waals surface area contributed by atoms with Crippen LogP contribution in [0, 0.1) is 18.2 Å². The zero-order valence-corrected chi connectivity index (χ0v) is 23.2. The predicted octanol–water partition coefficient (Wildman–Crippen LogP) is 3.43. The van der Waals surface area contributed by atoms with Crippen molar-refractivity contribution in [1.82, 2.24) is 14.1 Å². The fourth-order valence-corrected chi connectivity index (χ4v) is 6.58. The van der Waals surface area contributed by atoms with Crippen molar-refractivity contribution in [1.29, 1.82) is 0 Å². The van der Waals surface area contributed by atoms with Gasteiger partial charge in [0.2, 0.25) is 15.8 Å². The average Bonchev–Trinajstić information content (AvgIpc) is 3.67. The number of sulfonamides is 1. The van der Waals surface area contributed by atoms with E-state index in [0.717, 1.165) is 17.5 Å². The van der Waals surface area contributed by atoms with Crippen molar-refractivity contribution in [2.24, 2.45) is 5.41 Å². The molecule has 0 radical (unpaired) electrons. The summed E-state index contributed by atoms with van der Waals surface area (Å²) in [6.45, 7) is 2.48. The summed E-state index contributed by atoms with van der Waals surface area (Å²) in [7, 11) is -3.59. The third-order valence-electron chi connectivity index (χ3n) is 7.56. The highest BCUT2D eigenvalue weighted by molar-refractivity contribution is 7.88. The monoisotopic (exact) mass is 573 g/mol. The van der Waals surface area contributed by atoms with Gasteiger partial charge < -0.3 is 15.4 Å². The number of halogens is 2. The summed E-state index contributed by atoms with van der Waals surface area (Å²) in [5.74, 6) is -0.614. The van der Waals surface area contributed by atoms with E-state index in [2.05, 4.69) is 5.10 Å². The van der Waals surface area contributed by atoms with Gasteiger partial charge in [-0.3, -0.25) is 9.18 Å². The predicted molar refractivity (Wildman–Crippen MR) is 150 cm³/mol. The van der Waals surface area contributed by atoms with E-state index in [1.54, 1.807) is 37.3 Å². The van der Waals surface area contributed by atoms with Crippen LogP contribution in [0.1, 0.15) is 30.4 Å². The average molecular weight is 574 g/mol. The molecular weight excluding hydrogens is 540 g/mol. The standard InChI is InChI=1S/C28H33F2N5O4S/c1-20-13-22(30)16-24(14-20)35-27(36)26(39-19-28(5-6-28)7-8-29)25(17-32-35)33-9-11-34(12-10-33)40(37,38)18-21-3-2-4-23(31)15-21/h2-4,13-17H,5-12,18-19,31H2,1H3. The molecule has 1 saturated heterocycles. The molecule has 0 amide bonds. The zero-order chi connectivity index (χ0) is 28.5. The molecule has 1 saturated carbocycles. The van der Waals surface area contributed by atoms with Crippen LogP contribution in [0.2, 0.25) is 0 Å². The highest BCUT2D eigenvalue weighted by atomic mass is 32.2. The van der Waals surface area contributed by atoms with E-state index in [4.69, 9.17) is 10.5 Å². The smallest absolute Gasteiger partial charge is 0.316 e. The molecule has 0 atom stereocenters. The molecule has 1 aromatic heterocycles. The van der Waals surface area contributed by atoms with Crippen molar-refractivity contribution in [2.45, 2.75) is 31.9 Å². The Kier molecular flexibility index (Phi) is 7.83. The molecule has 214 valence electrons. The van der Waals surface area contributed by atoms with Gasteiger partial charge in [-0.05, 0) is 67.6 Å². The Morgan fingerprint density at radius 3 is 2.50 bits per heavy atom. The van der Waals surface area contributed by atoms with E-state index >= 15 is 0 Å². The molecule has 12 heteroatoms. The number of alkyl halides is 1. The molecule has 0 spiro atoms. The first kappa shape index (κ1) is 28.0. The molecule has 0 unspecified atom stereocenters. The fraction of sp³-hybridized carbons (Fsp3) is 0.429. The molecule has 2 aromatic carbocycles. The minimum atomic E-state index is -3.59. The Bertz CT molecular complexity index is 1530. The number of benzene rings is 2. The first-order valence-electron chi connectivity index (χ1n) is 13.3. The van der Waals surface area contributed by atoms with Crippen molar-refractivity contribution in [3.8, 4) is 11.4 Å². The number of hydrogen-bond acceptors (Lipinski definition) is 7. The van der Waals surface area contributed by atoms with Crippen LogP contribution in [0.15, 0.2) is 53.5 Å². The highest BCUT2D eigenvalue weighted by Gasteiger charge is 2.43. The van der Waals surface area contributed by atoms with Crippen LogP contribution in [0.3, 0.4) is 0 Å². The first-order chi connectivity index (χ1) is 19.1. The van der Waals surface area contributed by atoms with Gasteiger partial charge in [-0.1, -0.05) is 12.1 Å². The summed E-state index contributed by atoms with van der Waals surface area (Å²) < 4.78 is 62.0. The zero-order valence-electron chi connectivity index (χ0n) is 22.4. The van der Waals surface area contributed by atoms with Crippen molar-refractivity contribution in [3.05, 3.63) is 76.0 Å². The molecule has 2 aliphatic rings. The Balaban J connectivity index is 1.39. The Hall–Kier alpha value is -3.51. The number of aromatic nitrogens is 2. The molecule has 1 aliphatic heterocycles. The summed E-state index contributed by atoms with van der Waals surface area (Å²) in [5.41, 5.74) is 7.38. The fourth-order valence-electron chi connectivity index (χ4n) is 5.07. The third kappa shape index (κ3) is 6.12. The highest BCUT2D eigenvalue weighted by Crippen LogP contribution is 2.49. The Labute approximate surface area is 232 Å². The van der Waals surface area contributed by atoms with Crippen LogP contribution in [-0.2, 0) is 15.8 Å². The lowest BCUT2D eigenvalue weighted by Crippen LogP contribution is -2.49. The van der Waals surface area contributed by atoms with E-state index in [9.17, 15) is 22.0 Å². The molecule has 1 aliphatic carbocycles. The SMILES string of the molecule is Cc1cc(F)cc(-n2ncc(N3CCN(S(=O)(=O)Cc4cccc(N)c4)CC3)c(OCC3(CCF)CC3)c2=O)c1. The Morgan fingerprint density at radius 1 is 1.10 bits per heavy atom. The summed E-state index contributed by atoms with van der Waals surface area (Å²) in [6, 6.07) is 11.0. The molecule has 0 bridgehead atoms. The normalized spacial score (nSPS) is 17.1. The van der Waals surface area contributed by atoms with Gasteiger partial charge >= 0.3 is 5.56 Å². The van der Waals surface area contributed by atoms with Gasteiger partial charge in [0.15, 0.2) is 0 Å². The minimum Gasteiger partial charge on any atom is -0.486 e. The summed E-state index contributed by atoms with van der Waals surface area (Å²) in [6.07, 6.45) is 3.48. The minimum absolute atomic E-state index is 0.0399. The number of ether oxygens (including phenoxy) is 1. The van der Waals surface area contributed by atoms with Crippen LogP contribution in [0.5, 0.6) is 5.75 Å². The number of nitrogens with zero attached hydrogens (tertiary/aromatic N) is 4. The number of hydrogen-bond donors (Lipinski definition) is 1. The molecule has 40 heavy (non-hydrogen) atoms. The maximum absolute atomic E-state index is 14.1. The number of nitrogen functional groups attached to an aromatic ring is 1. The van der Waals surface area contributed by atoms with Gasteiger partial charge in [-0.25, -0.2) is 12.8 Å². The number of rotatable bonds is 10. The van der Waals surface area contributed by atoms with Crippen LogP contribution in [-0.4, -0.2) is 62.0 Å². The van der Waals surface area contributed by atoms with E-state index in [0.29, 0.717) is 42.0 Å². The van der Waals surface area contributed by atoms with Gasteiger partial charge in [0.05, 0.1) is 30.9 Å². The maximum atomic E-state index is 14.1. The van der Waals surface area contributed by atoms with Crippen molar-refractivity contribution >= 4 is 21.4 Å². The van der Waals surface area contributed by atoms with Crippen LogP contribution < -0.4 is 20.9 Å². The van der Waals surface area contributed by atoms with E-state index in [-0.39, 0.29) is 42.3 Å². The van der Waals surface area contributed by atoms with Crippen LogP contribution >= 0.6 is 0 Å². The van der Waals surface area contributed by atoms with E-state index < -0.39 is 28.1 Å². The third-order valence-corrected chi connectivity index (χ3v) is 9.41. The van der Waals surface area contributed by atoms with Crippen molar-refractivity contribution < 1.29 is 21.9 Å². The summed E-state index contributed by atoms with van der Waals surface area (Å²) >= 11 is 0. The number of nitrogens with two attached hydrogens (primary N) is 1. The van der Waals surface area contributed by atoms with Gasteiger partial charge in [-0.15, -0.1) is 0 Å². The molecule has 3 aromatic rings. The number of aryl methyl sites for hydroxylation is 1. The Morgan fingerprint density at radius 2 is 1.85 bits per heavy atom. The number of anilines is 2.